The number of carbonyl (C=O) groups is 2. The van der Waals surface area contributed by atoms with Crippen LogP contribution in [0.2, 0.25) is 0 Å². The third-order valence-corrected chi connectivity index (χ3v) is 4.42. The third kappa shape index (κ3) is 4.21. The van der Waals surface area contributed by atoms with Crippen LogP contribution in [0.1, 0.15) is 5.56 Å². The van der Waals surface area contributed by atoms with Crippen LogP contribution in [0.4, 0.5) is 10.5 Å². The lowest BCUT2D eigenvalue weighted by molar-refractivity contribution is -0.385. The van der Waals surface area contributed by atoms with Crippen LogP contribution in [0, 0.1) is 10.1 Å². The SMILES string of the molecule is C=CCN1C(=O)S/C(=C\c2ccc(Oc3ccc([N+](=O)[O-])cn3)cc2)C1=O. The molecule has 2 aromatic rings. The molecule has 0 bridgehead atoms. The Kier molecular flexibility index (Phi) is 5.32. The van der Waals surface area contributed by atoms with E-state index in [0.717, 1.165) is 28.4 Å². The second-order valence-electron chi connectivity index (χ2n) is 5.36. The first-order chi connectivity index (χ1) is 13.0. The smallest absolute Gasteiger partial charge is 0.293 e. The van der Waals surface area contributed by atoms with E-state index in [1.54, 1.807) is 30.3 Å². The summed E-state index contributed by atoms with van der Waals surface area (Å²) < 4.78 is 5.53. The van der Waals surface area contributed by atoms with Gasteiger partial charge in [-0.25, -0.2) is 4.98 Å². The van der Waals surface area contributed by atoms with Gasteiger partial charge in [0.05, 0.1) is 9.83 Å². The highest BCUT2D eigenvalue weighted by Gasteiger charge is 2.33. The molecule has 3 rings (SSSR count). The molecule has 9 heteroatoms. The van der Waals surface area contributed by atoms with Crippen LogP contribution < -0.4 is 4.74 Å². The van der Waals surface area contributed by atoms with Gasteiger partial charge >= 0.3 is 0 Å². The number of thioether (sulfide) groups is 1. The molecule has 0 spiro atoms. The fraction of sp³-hybridized carbons (Fsp3) is 0.0556. The minimum absolute atomic E-state index is 0.122. The highest BCUT2D eigenvalue weighted by Crippen LogP contribution is 2.32. The maximum atomic E-state index is 12.2. The van der Waals surface area contributed by atoms with Gasteiger partial charge in [0.15, 0.2) is 0 Å². The van der Waals surface area contributed by atoms with Crippen molar-refractivity contribution in [3.8, 4) is 11.6 Å². The van der Waals surface area contributed by atoms with E-state index in [1.807, 2.05) is 0 Å². The number of ether oxygens (including phenoxy) is 1. The molecule has 2 amide bonds. The lowest BCUT2D eigenvalue weighted by atomic mass is 10.2. The van der Waals surface area contributed by atoms with Gasteiger partial charge in [0.1, 0.15) is 11.9 Å². The third-order valence-electron chi connectivity index (χ3n) is 3.52. The molecule has 0 atom stereocenters. The van der Waals surface area contributed by atoms with Gasteiger partial charge < -0.3 is 4.74 Å². The van der Waals surface area contributed by atoms with Gasteiger partial charge in [0.2, 0.25) is 5.88 Å². The number of benzene rings is 1. The Morgan fingerprint density at radius 3 is 2.56 bits per heavy atom. The van der Waals surface area contributed by atoms with Gasteiger partial charge in [-0.3, -0.25) is 24.6 Å². The second-order valence-corrected chi connectivity index (χ2v) is 6.36. The molecular formula is C18H13N3O5S. The van der Waals surface area contributed by atoms with Crippen molar-refractivity contribution < 1.29 is 19.2 Å². The van der Waals surface area contributed by atoms with E-state index in [0.29, 0.717) is 10.7 Å². The first-order valence-electron chi connectivity index (χ1n) is 7.72. The molecule has 1 aliphatic rings. The van der Waals surface area contributed by atoms with Crippen LogP contribution in [0.15, 0.2) is 60.2 Å². The number of hydrogen-bond acceptors (Lipinski definition) is 7. The molecule has 1 aromatic heterocycles. The van der Waals surface area contributed by atoms with Gasteiger partial charge in [-0.2, -0.15) is 0 Å². The van der Waals surface area contributed by atoms with Gasteiger partial charge in [-0.15, -0.1) is 6.58 Å². The monoisotopic (exact) mass is 383 g/mol. The van der Waals surface area contributed by atoms with Crippen LogP contribution in [-0.2, 0) is 4.79 Å². The van der Waals surface area contributed by atoms with Crippen molar-refractivity contribution in [1.82, 2.24) is 9.88 Å². The first kappa shape index (κ1) is 18.3. The Hall–Kier alpha value is -3.46. The molecule has 1 fully saturated rings. The summed E-state index contributed by atoms with van der Waals surface area (Å²) in [6.07, 6.45) is 4.24. The molecule has 136 valence electrons. The first-order valence-corrected chi connectivity index (χ1v) is 8.54. The number of rotatable bonds is 6. The number of amides is 2. The van der Waals surface area contributed by atoms with Gasteiger partial charge in [0.25, 0.3) is 16.8 Å². The van der Waals surface area contributed by atoms with Crippen LogP contribution in [0.3, 0.4) is 0 Å². The molecular weight excluding hydrogens is 370 g/mol. The van der Waals surface area contributed by atoms with E-state index in [9.17, 15) is 19.7 Å². The summed E-state index contributed by atoms with van der Waals surface area (Å²) in [5.74, 6) is 0.354. The number of aromatic nitrogens is 1. The highest BCUT2D eigenvalue weighted by atomic mass is 32.2. The van der Waals surface area contributed by atoms with Gasteiger partial charge in [-0.05, 0) is 35.5 Å². The van der Waals surface area contributed by atoms with Crippen molar-refractivity contribution in [2.45, 2.75) is 0 Å². The number of pyridine rings is 1. The van der Waals surface area contributed by atoms with E-state index in [1.165, 1.54) is 18.2 Å². The van der Waals surface area contributed by atoms with E-state index in [4.69, 9.17) is 4.74 Å². The summed E-state index contributed by atoms with van der Waals surface area (Å²) in [6.45, 7) is 3.71. The molecule has 0 N–H and O–H groups in total. The average molecular weight is 383 g/mol. The molecule has 0 saturated carbocycles. The Morgan fingerprint density at radius 1 is 1.22 bits per heavy atom. The second kappa shape index (κ2) is 7.83. The lowest BCUT2D eigenvalue weighted by Crippen LogP contribution is -2.27. The van der Waals surface area contributed by atoms with Crippen molar-refractivity contribution in [2.24, 2.45) is 0 Å². The van der Waals surface area contributed by atoms with E-state index >= 15 is 0 Å². The molecule has 0 aliphatic carbocycles. The minimum atomic E-state index is -0.539. The summed E-state index contributed by atoms with van der Waals surface area (Å²) in [7, 11) is 0. The number of nitro groups is 1. The lowest BCUT2D eigenvalue weighted by Gasteiger charge is -2.07. The summed E-state index contributed by atoms with van der Waals surface area (Å²) in [6, 6.07) is 9.49. The normalized spacial score (nSPS) is 15.3. The largest absolute Gasteiger partial charge is 0.439 e. The molecule has 1 aromatic carbocycles. The quantitative estimate of drug-likeness (QED) is 0.321. The molecule has 0 unspecified atom stereocenters. The molecule has 27 heavy (non-hydrogen) atoms. The number of hydrogen-bond donors (Lipinski definition) is 0. The van der Waals surface area contributed by atoms with Crippen molar-refractivity contribution >= 4 is 34.7 Å². The summed E-state index contributed by atoms with van der Waals surface area (Å²) in [5, 5.41) is 10.3. The number of nitrogens with zero attached hydrogens (tertiary/aromatic N) is 3. The summed E-state index contributed by atoms with van der Waals surface area (Å²) in [4.78, 5) is 39.4. The average Bonchev–Trinajstić information content (AvgIpc) is 2.91. The predicted molar refractivity (Wildman–Crippen MR) is 100 cm³/mol. The van der Waals surface area contributed by atoms with Crippen molar-refractivity contribution in [1.29, 1.82) is 0 Å². The van der Waals surface area contributed by atoms with Crippen molar-refractivity contribution in [2.75, 3.05) is 6.54 Å². The Morgan fingerprint density at radius 2 is 1.96 bits per heavy atom. The van der Waals surface area contributed by atoms with Crippen molar-refractivity contribution in [3.63, 3.8) is 0 Å². The topological polar surface area (TPSA) is 103 Å². The summed E-state index contributed by atoms with van der Waals surface area (Å²) in [5.41, 5.74) is 0.603. The zero-order valence-electron chi connectivity index (χ0n) is 13.9. The van der Waals surface area contributed by atoms with E-state index in [2.05, 4.69) is 11.6 Å². The predicted octanol–water partition coefficient (Wildman–Crippen LogP) is 4.00. The standard InChI is InChI=1S/C18H13N3O5S/c1-2-9-20-17(22)15(27-18(20)23)10-12-3-6-14(7-4-12)26-16-8-5-13(11-19-16)21(24)25/h2-8,10-11H,1,9H2/b15-10-. The Balaban J connectivity index is 1.70. The molecule has 8 nitrogen and oxygen atoms in total. The van der Waals surface area contributed by atoms with Crippen molar-refractivity contribution in [3.05, 3.63) is 75.8 Å². The zero-order valence-corrected chi connectivity index (χ0v) is 14.7. The van der Waals surface area contributed by atoms with E-state index < -0.39 is 4.92 Å². The maximum absolute atomic E-state index is 12.2. The van der Waals surface area contributed by atoms with Gasteiger partial charge in [0, 0.05) is 18.7 Å². The van der Waals surface area contributed by atoms with E-state index in [-0.39, 0.29) is 29.3 Å². The Labute approximate surface area is 158 Å². The Bertz CT molecular complexity index is 938. The highest BCUT2D eigenvalue weighted by molar-refractivity contribution is 8.18. The number of carbonyl (C=O) groups excluding carboxylic acids is 2. The molecule has 2 heterocycles. The molecule has 0 radical (unpaired) electrons. The van der Waals surface area contributed by atoms with Crippen LogP contribution >= 0.6 is 11.8 Å². The van der Waals surface area contributed by atoms with Crippen LogP contribution in [0.25, 0.3) is 6.08 Å². The fourth-order valence-electron chi connectivity index (χ4n) is 2.23. The summed E-state index contributed by atoms with van der Waals surface area (Å²) >= 11 is 0.882. The van der Waals surface area contributed by atoms with Crippen LogP contribution in [0.5, 0.6) is 11.6 Å². The minimum Gasteiger partial charge on any atom is -0.439 e. The van der Waals surface area contributed by atoms with Crippen LogP contribution in [-0.4, -0.2) is 32.5 Å². The molecule has 1 saturated heterocycles. The number of imide groups is 1. The molecule has 1 aliphatic heterocycles. The maximum Gasteiger partial charge on any atom is 0.293 e. The fourth-order valence-corrected chi connectivity index (χ4v) is 3.08. The zero-order chi connectivity index (χ0) is 19.4. The van der Waals surface area contributed by atoms with Gasteiger partial charge in [-0.1, -0.05) is 18.2 Å².